The van der Waals surface area contributed by atoms with E-state index in [9.17, 15) is 4.79 Å². The number of aryl methyl sites for hydroxylation is 2. The molecule has 0 spiro atoms. The van der Waals surface area contributed by atoms with Crippen molar-refractivity contribution in [2.75, 3.05) is 5.32 Å². The first kappa shape index (κ1) is 21.3. The number of hydrogen-bond acceptors (Lipinski definition) is 5. The number of ether oxygens (including phenoxy) is 1. The van der Waals surface area contributed by atoms with Crippen LogP contribution in [0.5, 0.6) is 5.75 Å². The summed E-state index contributed by atoms with van der Waals surface area (Å²) in [5.41, 5.74) is 3.14. The lowest BCUT2D eigenvalue weighted by molar-refractivity contribution is 0.102. The molecule has 2 aromatic carbocycles. The molecule has 152 valence electrons. The molecule has 0 aliphatic heterocycles. The van der Waals surface area contributed by atoms with Gasteiger partial charge in [-0.2, -0.15) is 0 Å². The van der Waals surface area contributed by atoms with Crippen LogP contribution >= 0.6 is 23.4 Å². The summed E-state index contributed by atoms with van der Waals surface area (Å²) in [5, 5.41) is 7.35. The fourth-order valence-corrected chi connectivity index (χ4v) is 4.19. The molecule has 3 aromatic rings. The summed E-state index contributed by atoms with van der Waals surface area (Å²) in [4.78, 5) is 13.8. The molecule has 0 aliphatic rings. The van der Waals surface area contributed by atoms with E-state index in [4.69, 9.17) is 20.9 Å². The van der Waals surface area contributed by atoms with Gasteiger partial charge in [-0.05, 0) is 58.0 Å². The Morgan fingerprint density at radius 2 is 2.00 bits per heavy atom. The molecule has 3 rings (SSSR count). The maximum atomic E-state index is 12.9. The van der Waals surface area contributed by atoms with Gasteiger partial charge in [0, 0.05) is 21.9 Å². The summed E-state index contributed by atoms with van der Waals surface area (Å²) in [5.74, 6) is 1.88. The Hall–Kier alpha value is -2.44. The van der Waals surface area contributed by atoms with Crippen LogP contribution in [0.2, 0.25) is 5.02 Å². The molecule has 1 aromatic heterocycles. The highest BCUT2D eigenvalue weighted by molar-refractivity contribution is 7.98. The third kappa shape index (κ3) is 5.34. The van der Waals surface area contributed by atoms with Gasteiger partial charge in [0.2, 0.25) is 0 Å². The quantitative estimate of drug-likeness (QED) is 0.447. The number of nitrogens with zero attached hydrogens (tertiary/aromatic N) is 1. The van der Waals surface area contributed by atoms with Crippen molar-refractivity contribution >= 4 is 35.0 Å². The van der Waals surface area contributed by atoms with Gasteiger partial charge in [0.25, 0.3) is 5.91 Å². The van der Waals surface area contributed by atoms with Crippen LogP contribution in [0, 0.1) is 13.8 Å². The SMILES string of the molecule is Cc1noc(C)c1CSc1ccccc1C(=O)Nc1ccc(OC(C)C)c(Cl)c1. The first-order valence-corrected chi connectivity index (χ1v) is 10.6. The predicted octanol–water partition coefficient (Wildman–Crippen LogP) is 6.28. The Bertz CT molecular complexity index is 998. The molecule has 0 radical (unpaired) electrons. The maximum absolute atomic E-state index is 12.9. The van der Waals surface area contributed by atoms with E-state index >= 15 is 0 Å². The minimum absolute atomic E-state index is 0.0227. The van der Waals surface area contributed by atoms with Gasteiger partial charge in [-0.15, -0.1) is 11.8 Å². The number of anilines is 1. The molecule has 0 atom stereocenters. The zero-order valence-electron chi connectivity index (χ0n) is 16.8. The van der Waals surface area contributed by atoms with Crippen LogP contribution in [0.3, 0.4) is 0 Å². The second-order valence-electron chi connectivity index (χ2n) is 6.85. The normalized spacial score (nSPS) is 11.0. The van der Waals surface area contributed by atoms with Crippen molar-refractivity contribution in [3.63, 3.8) is 0 Å². The summed E-state index contributed by atoms with van der Waals surface area (Å²) < 4.78 is 10.9. The Morgan fingerprint density at radius 1 is 1.24 bits per heavy atom. The lowest BCUT2D eigenvalue weighted by Crippen LogP contribution is -2.13. The van der Waals surface area contributed by atoms with E-state index in [0.717, 1.165) is 21.9 Å². The molecule has 0 saturated heterocycles. The molecule has 5 nitrogen and oxygen atoms in total. The van der Waals surface area contributed by atoms with Crippen molar-refractivity contribution in [3.8, 4) is 5.75 Å². The average Bonchev–Trinajstić information content (AvgIpc) is 3.00. The number of carbonyl (C=O) groups excluding carboxylic acids is 1. The van der Waals surface area contributed by atoms with Crippen LogP contribution in [-0.2, 0) is 5.75 Å². The van der Waals surface area contributed by atoms with Crippen LogP contribution in [0.25, 0.3) is 0 Å². The lowest BCUT2D eigenvalue weighted by atomic mass is 10.2. The standard InChI is InChI=1S/C22H23ClN2O3S/c1-13(2)27-20-10-9-16(11-19(20)23)24-22(26)17-7-5-6-8-21(17)29-12-18-14(3)25-28-15(18)4/h5-11,13H,12H2,1-4H3,(H,24,26). The van der Waals surface area contributed by atoms with E-state index in [0.29, 0.717) is 27.8 Å². The van der Waals surface area contributed by atoms with Gasteiger partial charge in [0.15, 0.2) is 0 Å². The molecule has 0 unspecified atom stereocenters. The summed E-state index contributed by atoms with van der Waals surface area (Å²) >= 11 is 7.85. The van der Waals surface area contributed by atoms with E-state index in [1.807, 2.05) is 52.0 Å². The van der Waals surface area contributed by atoms with Gasteiger partial charge < -0.3 is 14.6 Å². The van der Waals surface area contributed by atoms with Crippen LogP contribution in [-0.4, -0.2) is 17.2 Å². The number of nitrogens with one attached hydrogen (secondary N) is 1. The molecule has 7 heteroatoms. The fourth-order valence-electron chi connectivity index (χ4n) is 2.76. The first-order valence-electron chi connectivity index (χ1n) is 9.26. The fraction of sp³-hybridized carbons (Fsp3) is 0.273. The predicted molar refractivity (Wildman–Crippen MR) is 117 cm³/mol. The average molecular weight is 431 g/mol. The van der Waals surface area contributed by atoms with Gasteiger partial charge in [-0.1, -0.05) is 28.9 Å². The molecule has 0 aliphatic carbocycles. The second kappa shape index (κ2) is 9.37. The van der Waals surface area contributed by atoms with E-state index in [1.165, 1.54) is 0 Å². The van der Waals surface area contributed by atoms with Crippen molar-refractivity contribution < 1.29 is 14.1 Å². The monoisotopic (exact) mass is 430 g/mol. The number of rotatable bonds is 7. The van der Waals surface area contributed by atoms with E-state index in [1.54, 1.807) is 30.0 Å². The van der Waals surface area contributed by atoms with E-state index < -0.39 is 0 Å². The molecule has 29 heavy (non-hydrogen) atoms. The highest BCUT2D eigenvalue weighted by Gasteiger charge is 2.15. The minimum Gasteiger partial charge on any atom is -0.489 e. The summed E-state index contributed by atoms with van der Waals surface area (Å²) in [7, 11) is 0. The minimum atomic E-state index is -0.194. The topological polar surface area (TPSA) is 64.4 Å². The smallest absolute Gasteiger partial charge is 0.256 e. The van der Waals surface area contributed by atoms with Crippen LogP contribution in [0.4, 0.5) is 5.69 Å². The molecule has 1 N–H and O–H groups in total. The number of thioether (sulfide) groups is 1. The number of amides is 1. The number of hydrogen-bond donors (Lipinski definition) is 1. The maximum Gasteiger partial charge on any atom is 0.256 e. The van der Waals surface area contributed by atoms with E-state index in [-0.39, 0.29) is 12.0 Å². The highest BCUT2D eigenvalue weighted by atomic mass is 35.5. The molecule has 0 fully saturated rings. The van der Waals surface area contributed by atoms with Crippen molar-refractivity contribution in [3.05, 3.63) is 70.1 Å². The third-order valence-electron chi connectivity index (χ3n) is 4.24. The van der Waals surface area contributed by atoms with Crippen molar-refractivity contribution in [2.45, 2.75) is 44.4 Å². The van der Waals surface area contributed by atoms with Crippen LogP contribution < -0.4 is 10.1 Å². The zero-order valence-corrected chi connectivity index (χ0v) is 18.4. The molecular weight excluding hydrogens is 408 g/mol. The third-order valence-corrected chi connectivity index (χ3v) is 5.63. The van der Waals surface area contributed by atoms with Gasteiger partial charge in [-0.3, -0.25) is 4.79 Å². The van der Waals surface area contributed by atoms with Crippen molar-refractivity contribution in [1.29, 1.82) is 0 Å². The largest absolute Gasteiger partial charge is 0.489 e. The summed E-state index contributed by atoms with van der Waals surface area (Å²) in [6.45, 7) is 7.68. The molecule has 0 saturated carbocycles. The molecule has 0 bridgehead atoms. The van der Waals surface area contributed by atoms with Crippen LogP contribution in [0.1, 0.15) is 41.2 Å². The van der Waals surface area contributed by atoms with Gasteiger partial charge in [0.1, 0.15) is 11.5 Å². The molecule has 1 amide bonds. The lowest BCUT2D eigenvalue weighted by Gasteiger charge is -2.13. The number of halogens is 1. The van der Waals surface area contributed by atoms with Crippen LogP contribution in [0.15, 0.2) is 51.9 Å². The summed E-state index contributed by atoms with van der Waals surface area (Å²) in [6, 6.07) is 12.7. The molecule has 1 heterocycles. The molecular formula is C22H23ClN2O3S. The second-order valence-corrected chi connectivity index (χ2v) is 8.28. The van der Waals surface area contributed by atoms with Gasteiger partial charge in [-0.25, -0.2) is 0 Å². The number of benzene rings is 2. The Balaban J connectivity index is 1.74. The van der Waals surface area contributed by atoms with Gasteiger partial charge >= 0.3 is 0 Å². The first-order chi connectivity index (χ1) is 13.8. The summed E-state index contributed by atoms with van der Waals surface area (Å²) in [6.07, 6.45) is 0.0227. The number of carbonyl (C=O) groups is 1. The Labute approximate surface area is 179 Å². The number of aromatic nitrogens is 1. The highest BCUT2D eigenvalue weighted by Crippen LogP contribution is 2.31. The Morgan fingerprint density at radius 3 is 2.66 bits per heavy atom. The van der Waals surface area contributed by atoms with E-state index in [2.05, 4.69) is 10.5 Å². The Kier molecular flexibility index (Phi) is 6.87. The van der Waals surface area contributed by atoms with Gasteiger partial charge in [0.05, 0.1) is 22.4 Å². The zero-order chi connectivity index (χ0) is 21.0. The van der Waals surface area contributed by atoms with Crippen molar-refractivity contribution in [2.24, 2.45) is 0 Å². The van der Waals surface area contributed by atoms with Crippen molar-refractivity contribution in [1.82, 2.24) is 5.16 Å².